The molecule has 1 saturated carbocycles. The van der Waals surface area contributed by atoms with Crippen LogP contribution < -0.4 is 0 Å². The molecule has 0 saturated heterocycles. The Hall–Kier alpha value is -2.00. The van der Waals surface area contributed by atoms with E-state index in [4.69, 9.17) is 5.11 Å². The van der Waals surface area contributed by atoms with Crippen LogP contribution in [0.3, 0.4) is 0 Å². The van der Waals surface area contributed by atoms with Crippen molar-refractivity contribution in [2.24, 2.45) is 0 Å². The molecular weight excluding hydrogens is 329 g/mol. The molecule has 1 fully saturated rings. The monoisotopic (exact) mass is 345 g/mol. The molecule has 23 heavy (non-hydrogen) atoms. The number of carboxylic acid groups (broad SMARTS) is 2. The van der Waals surface area contributed by atoms with Crippen molar-refractivity contribution in [2.75, 3.05) is 7.05 Å². The Kier molecular flexibility index (Phi) is 4.45. The summed E-state index contributed by atoms with van der Waals surface area (Å²) < 4.78 is 39.7. The number of nitrogens with zero attached hydrogens (tertiary/aromatic N) is 1. The summed E-state index contributed by atoms with van der Waals surface area (Å²) in [4.78, 5) is 21.9. The fourth-order valence-corrected chi connectivity index (χ4v) is 4.37. The zero-order valence-corrected chi connectivity index (χ0v) is 13.1. The molecule has 0 spiro atoms. The molecule has 2 rings (SSSR count). The minimum atomic E-state index is -4.27. The van der Waals surface area contributed by atoms with Gasteiger partial charge in [-0.2, -0.15) is 4.31 Å². The largest absolute Gasteiger partial charge is 0.480 e. The van der Waals surface area contributed by atoms with Gasteiger partial charge in [-0.15, -0.1) is 0 Å². The number of hydrogen-bond donors (Lipinski definition) is 2. The molecule has 7 nitrogen and oxygen atoms in total. The maximum Gasteiger partial charge on any atom is 0.338 e. The van der Waals surface area contributed by atoms with Gasteiger partial charge in [0, 0.05) is 7.05 Å². The third-order valence-corrected chi connectivity index (χ3v) is 6.18. The summed E-state index contributed by atoms with van der Waals surface area (Å²) in [5, 5.41) is 18.2. The molecule has 0 radical (unpaired) electrons. The van der Waals surface area contributed by atoms with E-state index in [2.05, 4.69) is 0 Å². The maximum absolute atomic E-state index is 13.7. The minimum Gasteiger partial charge on any atom is -0.480 e. The van der Waals surface area contributed by atoms with E-state index in [9.17, 15) is 27.5 Å². The zero-order chi connectivity index (χ0) is 17.4. The normalized spacial score (nSPS) is 17.3. The van der Waals surface area contributed by atoms with E-state index >= 15 is 0 Å². The zero-order valence-electron chi connectivity index (χ0n) is 12.3. The number of benzene rings is 1. The molecule has 0 unspecified atom stereocenters. The first-order valence-corrected chi connectivity index (χ1v) is 8.32. The number of hydrogen-bond acceptors (Lipinski definition) is 4. The lowest BCUT2D eigenvalue weighted by atomic mass is 9.98. The Labute approximate surface area is 132 Å². The van der Waals surface area contributed by atoms with Crippen molar-refractivity contribution in [3.8, 4) is 0 Å². The number of likely N-dealkylation sites (N-methyl/N-ethyl adjacent to an activating group) is 1. The van der Waals surface area contributed by atoms with Gasteiger partial charge in [0.15, 0.2) is 0 Å². The fraction of sp³-hybridized carbons (Fsp3) is 0.429. The number of sulfonamides is 1. The van der Waals surface area contributed by atoms with Crippen molar-refractivity contribution in [3.63, 3.8) is 0 Å². The minimum absolute atomic E-state index is 0.174. The molecule has 1 aromatic rings. The summed E-state index contributed by atoms with van der Waals surface area (Å²) in [6, 6.07) is 2.41. The van der Waals surface area contributed by atoms with Gasteiger partial charge in [-0.25, -0.2) is 17.6 Å². The van der Waals surface area contributed by atoms with E-state index in [0.717, 1.165) is 23.5 Å². The summed E-state index contributed by atoms with van der Waals surface area (Å²) in [6.07, 6.45) is 1.51. The number of halogens is 1. The van der Waals surface area contributed by atoms with Crippen molar-refractivity contribution < 1.29 is 32.6 Å². The van der Waals surface area contributed by atoms with Crippen LogP contribution in [-0.2, 0) is 14.8 Å². The van der Waals surface area contributed by atoms with Crippen LogP contribution in [0.4, 0.5) is 4.39 Å². The molecule has 0 aliphatic heterocycles. The molecule has 2 N–H and O–H groups in total. The first-order chi connectivity index (χ1) is 10.6. The van der Waals surface area contributed by atoms with Gasteiger partial charge < -0.3 is 10.2 Å². The Bertz CT molecular complexity index is 755. The quantitative estimate of drug-likeness (QED) is 0.837. The van der Waals surface area contributed by atoms with Crippen molar-refractivity contribution >= 4 is 22.0 Å². The highest BCUT2D eigenvalue weighted by atomic mass is 32.2. The Morgan fingerprint density at radius 2 is 1.78 bits per heavy atom. The van der Waals surface area contributed by atoms with Crippen LogP contribution >= 0.6 is 0 Å². The molecular formula is C14H16FNO6S. The summed E-state index contributed by atoms with van der Waals surface area (Å²) in [5.41, 5.74) is -2.21. The number of carbonyl (C=O) groups is 2. The summed E-state index contributed by atoms with van der Waals surface area (Å²) in [6.45, 7) is 0. The van der Waals surface area contributed by atoms with Gasteiger partial charge in [0.2, 0.25) is 10.0 Å². The SMILES string of the molecule is CN(C1(C(=O)O)CCCC1)S(=O)(=O)c1ccc(C(=O)O)c(F)c1. The van der Waals surface area contributed by atoms with Crippen LogP contribution in [0, 0.1) is 5.82 Å². The lowest BCUT2D eigenvalue weighted by Crippen LogP contribution is -2.53. The van der Waals surface area contributed by atoms with Gasteiger partial charge >= 0.3 is 11.9 Å². The third kappa shape index (κ3) is 2.81. The van der Waals surface area contributed by atoms with Crippen LogP contribution in [0.1, 0.15) is 36.0 Å². The van der Waals surface area contributed by atoms with Crippen LogP contribution in [0.2, 0.25) is 0 Å². The molecule has 1 aliphatic carbocycles. The smallest absolute Gasteiger partial charge is 0.338 e. The molecule has 0 amide bonds. The second-order valence-electron chi connectivity index (χ2n) is 5.46. The van der Waals surface area contributed by atoms with Gasteiger partial charge in [0.1, 0.15) is 11.4 Å². The number of aromatic carboxylic acids is 1. The molecule has 0 heterocycles. The van der Waals surface area contributed by atoms with Gasteiger partial charge in [-0.3, -0.25) is 4.79 Å². The lowest BCUT2D eigenvalue weighted by Gasteiger charge is -2.33. The maximum atomic E-state index is 13.7. The highest BCUT2D eigenvalue weighted by molar-refractivity contribution is 7.89. The topological polar surface area (TPSA) is 112 Å². The van der Waals surface area contributed by atoms with E-state index in [1.807, 2.05) is 0 Å². The summed E-state index contributed by atoms with van der Waals surface area (Å²) in [7, 11) is -3.12. The van der Waals surface area contributed by atoms with Crippen molar-refractivity contribution in [3.05, 3.63) is 29.6 Å². The summed E-state index contributed by atoms with van der Waals surface area (Å²) >= 11 is 0. The molecule has 1 aromatic carbocycles. The number of carboxylic acids is 2. The van der Waals surface area contributed by atoms with E-state index in [0.29, 0.717) is 18.9 Å². The van der Waals surface area contributed by atoms with E-state index in [1.54, 1.807) is 0 Å². The first kappa shape index (κ1) is 17.4. The third-order valence-electron chi connectivity index (χ3n) is 4.26. The molecule has 1 aliphatic rings. The fourth-order valence-electron chi connectivity index (χ4n) is 2.84. The van der Waals surface area contributed by atoms with Gasteiger partial charge in [-0.05, 0) is 31.0 Å². The molecule has 126 valence electrons. The van der Waals surface area contributed by atoms with Crippen LogP contribution in [0.25, 0.3) is 0 Å². The van der Waals surface area contributed by atoms with Gasteiger partial charge in [-0.1, -0.05) is 12.8 Å². The molecule has 0 atom stereocenters. The Morgan fingerprint density at radius 3 is 2.22 bits per heavy atom. The van der Waals surface area contributed by atoms with Crippen molar-refractivity contribution in [1.82, 2.24) is 4.31 Å². The standard InChI is InChI=1S/C14H16FNO6S/c1-16(14(13(19)20)6-2-3-7-14)23(21,22)9-4-5-10(12(17)18)11(15)8-9/h4-5,8H,2-3,6-7H2,1H3,(H,17,18)(H,19,20). The predicted octanol–water partition coefficient (Wildman–Crippen LogP) is 1.54. The number of rotatable bonds is 5. The Balaban J connectivity index is 2.47. The van der Waals surface area contributed by atoms with Crippen molar-refractivity contribution in [1.29, 1.82) is 0 Å². The highest BCUT2D eigenvalue weighted by Crippen LogP contribution is 2.38. The van der Waals surface area contributed by atoms with Gasteiger partial charge in [0.05, 0.1) is 10.5 Å². The predicted molar refractivity (Wildman–Crippen MR) is 77.1 cm³/mol. The molecule has 9 heteroatoms. The van der Waals surface area contributed by atoms with Crippen molar-refractivity contribution in [2.45, 2.75) is 36.1 Å². The second kappa shape index (κ2) is 5.89. The van der Waals surface area contributed by atoms with E-state index < -0.39 is 43.8 Å². The van der Waals surface area contributed by atoms with E-state index in [1.165, 1.54) is 0 Å². The molecule has 0 bridgehead atoms. The lowest BCUT2D eigenvalue weighted by molar-refractivity contribution is -0.147. The Morgan fingerprint density at radius 1 is 1.22 bits per heavy atom. The summed E-state index contributed by atoms with van der Waals surface area (Å²) in [5.74, 6) is -3.95. The van der Waals surface area contributed by atoms with E-state index in [-0.39, 0.29) is 12.8 Å². The average molecular weight is 345 g/mol. The van der Waals surface area contributed by atoms with Crippen LogP contribution in [0.15, 0.2) is 23.1 Å². The average Bonchev–Trinajstić information content (AvgIpc) is 2.96. The molecule has 0 aromatic heterocycles. The van der Waals surface area contributed by atoms with Gasteiger partial charge in [0.25, 0.3) is 0 Å². The highest BCUT2D eigenvalue weighted by Gasteiger charge is 2.49. The first-order valence-electron chi connectivity index (χ1n) is 6.88. The number of aliphatic carboxylic acids is 1. The van der Waals surface area contributed by atoms with Crippen LogP contribution in [-0.4, -0.2) is 47.5 Å². The second-order valence-corrected chi connectivity index (χ2v) is 7.43. The van der Waals surface area contributed by atoms with Crippen LogP contribution in [0.5, 0.6) is 0 Å².